The van der Waals surface area contributed by atoms with Crippen LogP contribution in [0.15, 0.2) is 47.6 Å². The number of carbonyl (C=O) groups excluding carboxylic acids is 1. The Morgan fingerprint density at radius 2 is 1.91 bits per heavy atom. The number of alkyl halides is 3. The van der Waals surface area contributed by atoms with Gasteiger partial charge in [0.25, 0.3) is 5.91 Å². The second-order valence-corrected chi connectivity index (χ2v) is 12.9. The molecular formula is C32H44F3N7O2S. The van der Waals surface area contributed by atoms with Gasteiger partial charge in [-0.25, -0.2) is 14.6 Å². The number of anilines is 2. The van der Waals surface area contributed by atoms with E-state index in [1.165, 1.54) is 16.6 Å². The number of hydrogen-bond donors (Lipinski definition) is 2. The first-order chi connectivity index (χ1) is 21.0. The van der Waals surface area contributed by atoms with Crippen molar-refractivity contribution in [2.75, 3.05) is 29.9 Å². The Morgan fingerprint density at radius 3 is 2.60 bits per heavy atom. The highest BCUT2D eigenvalue weighted by Gasteiger charge is 2.62. The second kappa shape index (κ2) is 13.9. The van der Waals surface area contributed by atoms with Crippen molar-refractivity contribution in [3.05, 3.63) is 48.3 Å². The van der Waals surface area contributed by atoms with Crippen LogP contribution in [0.2, 0.25) is 0 Å². The summed E-state index contributed by atoms with van der Waals surface area (Å²) < 4.78 is 49.8. The van der Waals surface area contributed by atoms with E-state index < -0.39 is 11.6 Å². The quantitative estimate of drug-likeness (QED) is 0.272. The number of nitrogens with zero attached hydrogens (tertiary/aromatic N) is 5. The zero-order chi connectivity index (χ0) is 31.5. The van der Waals surface area contributed by atoms with Gasteiger partial charge in [0.15, 0.2) is 5.82 Å². The lowest BCUT2D eigenvalue weighted by molar-refractivity contribution is -0.190. The van der Waals surface area contributed by atoms with E-state index >= 15 is 0 Å². The smallest absolute Gasteiger partial charge is 0.394 e. The maximum Gasteiger partial charge on any atom is 0.394 e. The summed E-state index contributed by atoms with van der Waals surface area (Å²) in [6.45, 7) is 9.86. The Morgan fingerprint density at radius 1 is 1.13 bits per heavy atom. The Balaban J connectivity index is 0.00000151. The van der Waals surface area contributed by atoms with E-state index in [0.717, 1.165) is 43.1 Å². The first kappa shape index (κ1) is 34.4. The normalized spacial score (nSPS) is 20.1. The molecule has 0 spiro atoms. The molecule has 2 fully saturated rings. The summed E-state index contributed by atoms with van der Waals surface area (Å²) in [4.78, 5) is 25.9. The van der Waals surface area contributed by atoms with Crippen LogP contribution >= 0.6 is 11.9 Å². The summed E-state index contributed by atoms with van der Waals surface area (Å²) in [5.41, 5.74) is -1.40. The number of pyridine rings is 2. The minimum atomic E-state index is -4.21. The average molecular weight is 648 g/mol. The van der Waals surface area contributed by atoms with Crippen molar-refractivity contribution in [1.82, 2.24) is 24.5 Å². The molecule has 1 atom stereocenters. The Bertz CT molecular complexity index is 1440. The van der Waals surface area contributed by atoms with Crippen LogP contribution in [0, 0.1) is 11.3 Å². The van der Waals surface area contributed by atoms with Crippen LogP contribution < -0.4 is 19.7 Å². The van der Waals surface area contributed by atoms with E-state index in [0.29, 0.717) is 23.1 Å². The SMILES string of the molecule is C.CC.CC1(C)CC2CCCNc3ccc(cn3)SNC(=O)c3ccc(-n4ccc(OCCC5(C(F)(F)F)CC5)n4)nc3N1C2. The molecule has 9 nitrogen and oxygen atoms in total. The monoisotopic (exact) mass is 647 g/mol. The summed E-state index contributed by atoms with van der Waals surface area (Å²) in [5.74, 6) is 2.24. The standard InChI is InChI=1S/C29H34F3N7O2S.C2H6.CH4/c1-27(2)16-19-4-3-13-33-22-7-5-20(17-34-22)42-37-26(40)21-6-8-23(35-25(21)38(27)18-19)39-14-9-24(36-39)41-15-12-28(10-11-28)29(30,31)32;1-2;/h5-9,14,17,19H,3-4,10-13,15-16,18H2,1-2H3,(H,33,34)(H,37,40);1-2H3;1H4. The van der Waals surface area contributed by atoms with Crippen LogP contribution in [0.4, 0.5) is 24.8 Å². The van der Waals surface area contributed by atoms with Crippen molar-refractivity contribution in [1.29, 1.82) is 0 Å². The van der Waals surface area contributed by atoms with Crippen LogP contribution in [-0.4, -0.2) is 57.1 Å². The highest BCUT2D eigenvalue weighted by Crippen LogP contribution is 2.59. The minimum Gasteiger partial charge on any atom is -0.477 e. The number of carbonyl (C=O) groups is 1. The second-order valence-electron chi connectivity index (χ2n) is 12.0. The van der Waals surface area contributed by atoms with Gasteiger partial charge in [0.05, 0.1) is 17.6 Å². The molecule has 0 radical (unpaired) electrons. The third-order valence-electron chi connectivity index (χ3n) is 8.50. The Kier molecular flexibility index (Phi) is 10.6. The topological polar surface area (TPSA) is 97.2 Å². The number of hydrogen-bond acceptors (Lipinski definition) is 8. The highest BCUT2D eigenvalue weighted by atomic mass is 32.2. The lowest BCUT2D eigenvalue weighted by Crippen LogP contribution is -2.40. The largest absolute Gasteiger partial charge is 0.477 e. The number of amides is 1. The molecule has 2 N–H and O–H groups in total. The number of ether oxygens (including phenoxy) is 1. The molecule has 3 aliphatic heterocycles. The fourth-order valence-electron chi connectivity index (χ4n) is 5.90. The lowest BCUT2D eigenvalue weighted by atomic mass is 9.93. The van der Waals surface area contributed by atoms with Gasteiger partial charge in [-0.1, -0.05) is 21.3 Å². The summed E-state index contributed by atoms with van der Waals surface area (Å²) in [6.07, 6.45) is 2.36. The number of rotatable bonds is 5. The third-order valence-corrected chi connectivity index (χ3v) is 9.26. The molecule has 4 bridgehead atoms. The van der Waals surface area contributed by atoms with Gasteiger partial charge in [-0.2, -0.15) is 13.2 Å². The number of aromatic nitrogens is 4. The lowest BCUT2D eigenvalue weighted by Gasteiger charge is -2.34. The van der Waals surface area contributed by atoms with E-state index in [2.05, 4.69) is 38.9 Å². The predicted molar refractivity (Wildman–Crippen MR) is 172 cm³/mol. The number of fused-ring (bicyclic) bond motifs is 7. The van der Waals surface area contributed by atoms with Crippen molar-refractivity contribution in [3.8, 4) is 11.7 Å². The fraction of sp³-hybridized carbons (Fsp3) is 0.562. The first-order valence-corrected chi connectivity index (χ1v) is 16.1. The van der Waals surface area contributed by atoms with Gasteiger partial charge < -0.3 is 15.0 Å². The van der Waals surface area contributed by atoms with Gasteiger partial charge in [0.2, 0.25) is 5.88 Å². The highest BCUT2D eigenvalue weighted by molar-refractivity contribution is 7.98. The van der Waals surface area contributed by atoms with Gasteiger partial charge in [0.1, 0.15) is 11.6 Å². The zero-order valence-electron chi connectivity index (χ0n) is 25.6. The molecule has 1 saturated carbocycles. The fourth-order valence-corrected chi connectivity index (χ4v) is 6.47. The maximum absolute atomic E-state index is 13.5. The molecule has 6 heterocycles. The molecule has 7 rings (SSSR count). The van der Waals surface area contributed by atoms with Gasteiger partial charge in [-0.3, -0.25) is 9.52 Å². The molecular weight excluding hydrogens is 603 g/mol. The van der Waals surface area contributed by atoms with Crippen molar-refractivity contribution in [3.63, 3.8) is 0 Å². The summed E-state index contributed by atoms with van der Waals surface area (Å²) in [7, 11) is 0. The van der Waals surface area contributed by atoms with Gasteiger partial charge in [-0.15, -0.1) is 5.10 Å². The van der Waals surface area contributed by atoms with Gasteiger partial charge in [0, 0.05) is 42.0 Å². The number of halogens is 3. The Hall–Kier alpha value is -3.48. The molecule has 246 valence electrons. The molecule has 13 heteroatoms. The predicted octanol–water partition coefficient (Wildman–Crippen LogP) is 7.68. The molecule has 45 heavy (non-hydrogen) atoms. The molecule has 1 amide bonds. The van der Waals surface area contributed by atoms with Crippen molar-refractivity contribution in [2.24, 2.45) is 11.3 Å². The summed E-state index contributed by atoms with van der Waals surface area (Å²) in [5, 5.41) is 7.79. The third kappa shape index (κ3) is 7.67. The molecule has 1 unspecified atom stereocenters. The molecule has 3 aromatic rings. The molecule has 3 aromatic heterocycles. The molecule has 4 aliphatic rings. The van der Waals surface area contributed by atoms with Crippen LogP contribution in [0.25, 0.3) is 5.82 Å². The Labute approximate surface area is 267 Å². The van der Waals surface area contributed by atoms with Gasteiger partial charge >= 0.3 is 6.18 Å². The van der Waals surface area contributed by atoms with Crippen molar-refractivity contribution in [2.45, 2.75) is 90.3 Å². The van der Waals surface area contributed by atoms with E-state index in [9.17, 15) is 18.0 Å². The van der Waals surface area contributed by atoms with Crippen LogP contribution in [0.3, 0.4) is 0 Å². The van der Waals surface area contributed by atoms with E-state index in [1.54, 1.807) is 30.6 Å². The minimum absolute atomic E-state index is 0. The van der Waals surface area contributed by atoms with E-state index in [-0.39, 0.29) is 50.6 Å². The zero-order valence-corrected chi connectivity index (χ0v) is 26.4. The first-order valence-electron chi connectivity index (χ1n) is 15.2. The molecule has 1 aliphatic carbocycles. The average Bonchev–Trinajstić information content (AvgIpc) is 3.55. The van der Waals surface area contributed by atoms with Crippen LogP contribution in [0.5, 0.6) is 5.88 Å². The van der Waals surface area contributed by atoms with Gasteiger partial charge in [-0.05, 0) is 94.5 Å². The summed E-state index contributed by atoms with van der Waals surface area (Å²) >= 11 is 1.19. The van der Waals surface area contributed by atoms with Crippen molar-refractivity contribution < 1.29 is 22.7 Å². The van der Waals surface area contributed by atoms with E-state index in [1.807, 2.05) is 26.0 Å². The van der Waals surface area contributed by atoms with Crippen LogP contribution in [0.1, 0.15) is 84.0 Å². The van der Waals surface area contributed by atoms with E-state index in [4.69, 9.17) is 9.72 Å². The number of nitrogens with one attached hydrogen (secondary N) is 2. The maximum atomic E-state index is 13.5. The molecule has 1 saturated heterocycles. The molecule has 0 aromatic carbocycles. The van der Waals surface area contributed by atoms with Crippen molar-refractivity contribution >= 4 is 29.5 Å². The van der Waals surface area contributed by atoms with Crippen LogP contribution in [-0.2, 0) is 0 Å². The summed E-state index contributed by atoms with van der Waals surface area (Å²) in [6, 6.07) is 8.89.